The summed E-state index contributed by atoms with van der Waals surface area (Å²) in [5.74, 6) is -0.0307. The van der Waals surface area contributed by atoms with Crippen molar-refractivity contribution in [1.82, 2.24) is 4.98 Å². The van der Waals surface area contributed by atoms with Gasteiger partial charge < -0.3 is 5.11 Å². The van der Waals surface area contributed by atoms with Crippen LogP contribution >= 0.6 is 25.2 Å². The highest BCUT2D eigenvalue weighted by Gasteiger charge is 2.14. The van der Waals surface area contributed by atoms with E-state index in [2.05, 4.69) is 37.1 Å². The molecule has 0 fully saturated rings. The molecule has 3 nitrogen and oxygen atoms in total. The van der Waals surface area contributed by atoms with Gasteiger partial charge in [-0.3, -0.25) is 0 Å². The highest BCUT2D eigenvalue weighted by Crippen LogP contribution is 2.24. The Morgan fingerprint density at radius 1 is 1.60 bits per heavy atom. The summed E-state index contributed by atoms with van der Waals surface area (Å²) in [4.78, 5) is 4.00. The van der Waals surface area contributed by atoms with Crippen molar-refractivity contribution >= 4 is 30.5 Å². The lowest BCUT2D eigenvalue weighted by molar-refractivity contribution is 0.474. The van der Waals surface area contributed by atoms with Crippen molar-refractivity contribution in [3.63, 3.8) is 0 Å². The minimum Gasteiger partial charge on any atom is -0.504 e. The Morgan fingerprint density at radius 2 is 2.27 bits per heavy atom. The van der Waals surface area contributed by atoms with Crippen molar-refractivity contribution in [2.45, 2.75) is 26.2 Å². The van der Waals surface area contributed by atoms with Crippen LogP contribution in [0.2, 0.25) is 0 Å². The molecule has 0 aliphatic heterocycles. The fourth-order valence-electron chi connectivity index (χ4n) is 1.27. The van der Waals surface area contributed by atoms with Crippen LogP contribution in [0.1, 0.15) is 31.0 Å². The van der Waals surface area contributed by atoms with E-state index < -0.39 is 0 Å². The van der Waals surface area contributed by atoms with Gasteiger partial charge in [0.1, 0.15) is 10.7 Å². The Labute approximate surface area is 99.9 Å². The Hall–Kier alpha value is -0.650. The molecule has 5 heteroatoms. The van der Waals surface area contributed by atoms with Crippen LogP contribution in [0.3, 0.4) is 0 Å². The lowest BCUT2D eigenvalue weighted by atomic mass is 10.1. The predicted octanol–water partition coefficient (Wildman–Crippen LogP) is 2.26. The molecular formula is C10H12BrN2OP. The molecule has 0 saturated carbocycles. The van der Waals surface area contributed by atoms with Crippen molar-refractivity contribution in [3.05, 3.63) is 15.9 Å². The summed E-state index contributed by atoms with van der Waals surface area (Å²) in [6, 6.07) is 1.86. The van der Waals surface area contributed by atoms with Gasteiger partial charge in [0.2, 0.25) is 0 Å². The van der Waals surface area contributed by atoms with Crippen LogP contribution in [0.25, 0.3) is 0 Å². The summed E-state index contributed by atoms with van der Waals surface area (Å²) >= 11 is 3.32. The molecule has 0 spiro atoms. The molecule has 1 aromatic heterocycles. The maximum Gasteiger partial charge on any atom is 0.184 e. The number of aromatic hydroxyl groups is 1. The normalized spacial score (nSPS) is 10.0. The summed E-state index contributed by atoms with van der Waals surface area (Å²) in [5.41, 5.74) is 1.02. The van der Waals surface area contributed by atoms with E-state index >= 15 is 0 Å². The number of halogens is 1. The van der Waals surface area contributed by atoms with E-state index in [1.807, 2.05) is 6.07 Å². The number of aromatic nitrogens is 1. The number of hydrogen-bond donors (Lipinski definition) is 1. The van der Waals surface area contributed by atoms with E-state index in [-0.39, 0.29) is 11.4 Å². The zero-order valence-electron chi connectivity index (χ0n) is 8.42. The smallest absolute Gasteiger partial charge is 0.184 e. The zero-order valence-corrected chi connectivity index (χ0v) is 11.2. The van der Waals surface area contributed by atoms with Crippen LogP contribution < -0.4 is 5.30 Å². The second-order valence-corrected chi connectivity index (χ2v) is 4.54. The molecule has 0 bridgehead atoms. The van der Waals surface area contributed by atoms with Gasteiger partial charge in [0, 0.05) is 5.30 Å². The minimum atomic E-state index is -0.0307. The van der Waals surface area contributed by atoms with E-state index in [1.54, 1.807) is 0 Å². The van der Waals surface area contributed by atoms with Gasteiger partial charge in [-0.1, -0.05) is 13.3 Å². The van der Waals surface area contributed by atoms with E-state index in [4.69, 9.17) is 5.26 Å². The van der Waals surface area contributed by atoms with Gasteiger partial charge in [0.25, 0.3) is 0 Å². The highest BCUT2D eigenvalue weighted by atomic mass is 79.9. The van der Waals surface area contributed by atoms with E-state index in [9.17, 15) is 5.11 Å². The fourth-order valence-corrected chi connectivity index (χ4v) is 2.49. The predicted molar refractivity (Wildman–Crippen MR) is 66.3 cm³/mol. The van der Waals surface area contributed by atoms with Gasteiger partial charge >= 0.3 is 0 Å². The largest absolute Gasteiger partial charge is 0.504 e. The first-order valence-corrected chi connectivity index (χ1v) is 6.05. The van der Waals surface area contributed by atoms with Gasteiger partial charge in [-0.25, -0.2) is 4.98 Å². The fraction of sp³-hybridized carbons (Fsp3) is 0.400. The number of nitrogens with zero attached hydrogens (tertiary/aromatic N) is 2. The Bertz CT molecular complexity index is 415. The molecule has 1 rings (SSSR count). The lowest BCUT2D eigenvalue weighted by Gasteiger charge is -2.09. The second kappa shape index (κ2) is 5.44. The monoisotopic (exact) mass is 286 g/mol. The van der Waals surface area contributed by atoms with E-state index in [1.165, 1.54) is 0 Å². The van der Waals surface area contributed by atoms with Crippen LogP contribution in [0.15, 0.2) is 4.60 Å². The molecule has 0 aliphatic rings. The molecule has 0 radical (unpaired) electrons. The first kappa shape index (κ1) is 12.4. The quantitative estimate of drug-likeness (QED) is 0.685. The van der Waals surface area contributed by atoms with E-state index in [0.717, 1.165) is 24.8 Å². The van der Waals surface area contributed by atoms with Crippen molar-refractivity contribution in [1.29, 1.82) is 5.26 Å². The average Bonchev–Trinajstić information content (AvgIpc) is 2.23. The Morgan fingerprint density at radius 3 is 2.80 bits per heavy atom. The van der Waals surface area contributed by atoms with Crippen molar-refractivity contribution in [2.24, 2.45) is 0 Å². The summed E-state index contributed by atoms with van der Waals surface area (Å²) in [5, 5.41) is 19.1. The molecule has 1 atom stereocenters. The van der Waals surface area contributed by atoms with Crippen LogP contribution in [0, 0.1) is 11.3 Å². The van der Waals surface area contributed by atoms with Crippen LogP contribution in [0.5, 0.6) is 5.75 Å². The summed E-state index contributed by atoms with van der Waals surface area (Å²) in [6.07, 6.45) is 2.96. The molecule has 0 aromatic carbocycles. The molecule has 80 valence electrons. The second-order valence-electron chi connectivity index (χ2n) is 3.21. The maximum atomic E-state index is 9.68. The van der Waals surface area contributed by atoms with Crippen LogP contribution in [0.4, 0.5) is 0 Å². The molecule has 0 saturated heterocycles. The molecule has 15 heavy (non-hydrogen) atoms. The third-order valence-electron chi connectivity index (χ3n) is 2.15. The molecule has 0 amide bonds. The molecule has 1 aromatic rings. The molecule has 1 heterocycles. The van der Waals surface area contributed by atoms with Gasteiger partial charge in [-0.2, -0.15) is 5.26 Å². The third-order valence-corrected chi connectivity index (χ3v) is 3.43. The Kier molecular flexibility index (Phi) is 4.50. The van der Waals surface area contributed by atoms with Crippen molar-refractivity contribution in [2.75, 3.05) is 0 Å². The topological polar surface area (TPSA) is 56.9 Å². The van der Waals surface area contributed by atoms with Crippen molar-refractivity contribution in [3.8, 4) is 11.8 Å². The summed E-state index contributed by atoms with van der Waals surface area (Å²) in [6.45, 7) is 2.10. The van der Waals surface area contributed by atoms with Crippen LogP contribution in [-0.2, 0) is 6.42 Å². The Balaban J connectivity index is 3.19. The molecular weight excluding hydrogens is 275 g/mol. The highest BCUT2D eigenvalue weighted by molar-refractivity contribution is 9.10. The maximum absolute atomic E-state index is 9.68. The number of pyridine rings is 1. The van der Waals surface area contributed by atoms with Crippen LogP contribution in [-0.4, -0.2) is 10.1 Å². The third kappa shape index (κ3) is 2.68. The first-order valence-electron chi connectivity index (χ1n) is 4.68. The van der Waals surface area contributed by atoms with E-state index in [0.29, 0.717) is 9.91 Å². The molecule has 1 unspecified atom stereocenters. The zero-order chi connectivity index (χ0) is 11.4. The van der Waals surface area contributed by atoms with Gasteiger partial charge in [-0.15, -0.1) is 9.24 Å². The summed E-state index contributed by atoms with van der Waals surface area (Å²) < 4.78 is 0.648. The molecule has 0 aliphatic carbocycles. The molecule has 1 N–H and O–H groups in total. The first-order chi connectivity index (χ1) is 7.11. The lowest BCUT2D eigenvalue weighted by Crippen LogP contribution is -2.08. The average molecular weight is 287 g/mol. The number of hydrogen-bond acceptors (Lipinski definition) is 3. The SMILES string of the molecule is CCCCc1c(Br)nc(C#N)c(O)c1P. The van der Waals surface area contributed by atoms with Gasteiger partial charge in [0.05, 0.1) is 0 Å². The summed E-state index contributed by atoms with van der Waals surface area (Å²) in [7, 11) is 2.47. The van der Waals surface area contributed by atoms with Gasteiger partial charge in [0.15, 0.2) is 11.4 Å². The number of nitriles is 1. The number of rotatable bonds is 3. The number of unbranched alkanes of at least 4 members (excludes halogenated alkanes) is 1. The van der Waals surface area contributed by atoms with Gasteiger partial charge in [-0.05, 0) is 34.3 Å². The minimum absolute atomic E-state index is 0.0307. The standard InChI is InChI=1S/C10H12BrN2OP/c1-2-3-4-6-9(15)8(14)7(5-12)13-10(6)11/h14H,2-4,15H2,1H3. The van der Waals surface area contributed by atoms with Crippen molar-refractivity contribution < 1.29 is 5.11 Å².